The first-order valence-corrected chi connectivity index (χ1v) is 8.49. The van der Waals surface area contributed by atoms with Crippen molar-refractivity contribution < 1.29 is 8.42 Å². The first-order chi connectivity index (χ1) is 8.93. The number of sulfonamides is 1. The van der Waals surface area contributed by atoms with Crippen LogP contribution in [0, 0.1) is 6.92 Å². The van der Waals surface area contributed by atoms with Crippen LogP contribution < -0.4 is 0 Å². The van der Waals surface area contributed by atoms with Gasteiger partial charge in [-0.1, -0.05) is 32.0 Å². The quantitative estimate of drug-likeness (QED) is 0.836. The molecule has 0 radical (unpaired) electrons. The Morgan fingerprint density at radius 3 is 2.42 bits per heavy atom. The van der Waals surface area contributed by atoms with E-state index in [2.05, 4.69) is 6.07 Å². The maximum absolute atomic E-state index is 12.1. The number of hydrogen-bond acceptors (Lipinski definition) is 2. The summed E-state index contributed by atoms with van der Waals surface area (Å²) in [6.45, 7) is 10.7. The van der Waals surface area contributed by atoms with Crippen molar-refractivity contribution in [3.63, 3.8) is 0 Å². The number of nitrogens with zero attached hydrogens (tertiary/aromatic N) is 1. The fraction of sp³-hybridized carbons (Fsp3) is 0.600. The highest BCUT2D eigenvalue weighted by molar-refractivity contribution is 7.89. The molecule has 0 amide bonds. The molecule has 1 heterocycles. The third-order valence-corrected chi connectivity index (χ3v) is 5.65. The minimum absolute atomic E-state index is 0.340. The van der Waals surface area contributed by atoms with Crippen molar-refractivity contribution in [3.05, 3.63) is 34.9 Å². The van der Waals surface area contributed by atoms with E-state index in [-0.39, 0.29) is 5.25 Å². The van der Waals surface area contributed by atoms with Crippen LogP contribution in [-0.4, -0.2) is 24.5 Å². The van der Waals surface area contributed by atoms with Crippen molar-refractivity contribution in [1.29, 1.82) is 0 Å². The number of fused-ring (bicyclic) bond motifs is 1. The third kappa shape index (κ3) is 3.37. The van der Waals surface area contributed by atoms with E-state index in [0.29, 0.717) is 13.1 Å². The van der Waals surface area contributed by atoms with Gasteiger partial charge < -0.3 is 0 Å². The zero-order valence-corrected chi connectivity index (χ0v) is 13.4. The van der Waals surface area contributed by atoms with Gasteiger partial charge in [0.2, 0.25) is 10.0 Å². The monoisotopic (exact) mass is 283 g/mol. The average Bonchev–Trinajstić information content (AvgIpc) is 2.41. The second kappa shape index (κ2) is 6.53. The summed E-state index contributed by atoms with van der Waals surface area (Å²) < 4.78 is 25.9. The average molecular weight is 283 g/mol. The predicted octanol–water partition coefficient (Wildman–Crippen LogP) is 3.12. The molecule has 0 bridgehead atoms. The minimum Gasteiger partial charge on any atom is -0.212 e. The van der Waals surface area contributed by atoms with Gasteiger partial charge in [-0.25, -0.2) is 8.42 Å². The third-order valence-electron chi connectivity index (χ3n) is 3.43. The van der Waals surface area contributed by atoms with E-state index >= 15 is 0 Å². The lowest BCUT2D eigenvalue weighted by Crippen LogP contribution is -2.40. The van der Waals surface area contributed by atoms with Crippen molar-refractivity contribution in [2.45, 2.75) is 52.8 Å². The molecule has 2 rings (SSSR count). The zero-order chi connectivity index (χ0) is 14.6. The molecule has 0 N–H and O–H groups in total. The molecule has 4 heteroatoms. The summed E-state index contributed by atoms with van der Waals surface area (Å²) in [6.07, 6.45) is 0.822. The highest BCUT2D eigenvalue weighted by Crippen LogP contribution is 2.25. The van der Waals surface area contributed by atoms with Crippen LogP contribution in [0.25, 0.3) is 0 Å². The van der Waals surface area contributed by atoms with E-state index < -0.39 is 10.0 Å². The Labute approximate surface area is 117 Å². The molecule has 0 atom stereocenters. The van der Waals surface area contributed by atoms with Gasteiger partial charge in [0.25, 0.3) is 0 Å². The summed E-state index contributed by atoms with van der Waals surface area (Å²) in [4.78, 5) is 0. The van der Waals surface area contributed by atoms with Crippen LogP contribution in [0.2, 0.25) is 0 Å². The van der Waals surface area contributed by atoms with Crippen molar-refractivity contribution in [2.24, 2.45) is 0 Å². The Balaban J connectivity index is 0.000000861. The number of rotatable bonds is 2. The van der Waals surface area contributed by atoms with Gasteiger partial charge in [0.1, 0.15) is 0 Å². The van der Waals surface area contributed by atoms with E-state index in [1.807, 2.05) is 32.9 Å². The summed E-state index contributed by atoms with van der Waals surface area (Å²) in [7, 11) is -3.13. The second-order valence-electron chi connectivity index (χ2n) is 4.89. The molecule has 0 saturated heterocycles. The maximum atomic E-state index is 12.1. The highest BCUT2D eigenvalue weighted by atomic mass is 32.2. The van der Waals surface area contributed by atoms with E-state index in [1.165, 1.54) is 16.7 Å². The number of benzene rings is 1. The molecule has 0 saturated carbocycles. The van der Waals surface area contributed by atoms with Crippen LogP contribution in [0.15, 0.2) is 18.2 Å². The van der Waals surface area contributed by atoms with E-state index in [9.17, 15) is 8.42 Å². The van der Waals surface area contributed by atoms with E-state index in [1.54, 1.807) is 18.2 Å². The van der Waals surface area contributed by atoms with E-state index in [0.717, 1.165) is 6.42 Å². The largest absolute Gasteiger partial charge is 0.216 e. The van der Waals surface area contributed by atoms with Crippen molar-refractivity contribution in [2.75, 3.05) is 6.54 Å². The van der Waals surface area contributed by atoms with Gasteiger partial charge in [-0.05, 0) is 43.9 Å². The van der Waals surface area contributed by atoms with Gasteiger partial charge in [0.05, 0.1) is 5.25 Å². The van der Waals surface area contributed by atoms with Gasteiger partial charge in [-0.15, -0.1) is 0 Å². The molecule has 0 fully saturated rings. The van der Waals surface area contributed by atoms with Gasteiger partial charge in [-0.3, -0.25) is 0 Å². The Kier molecular flexibility index (Phi) is 5.56. The Morgan fingerprint density at radius 1 is 1.21 bits per heavy atom. The van der Waals surface area contributed by atoms with Crippen LogP contribution in [0.5, 0.6) is 0 Å². The van der Waals surface area contributed by atoms with Gasteiger partial charge in [0.15, 0.2) is 0 Å². The normalized spacial score (nSPS) is 15.7. The molecule has 1 aliphatic rings. The van der Waals surface area contributed by atoms with Crippen molar-refractivity contribution >= 4 is 10.0 Å². The molecule has 0 spiro atoms. The molecule has 0 aromatic heterocycles. The van der Waals surface area contributed by atoms with Crippen LogP contribution in [0.1, 0.15) is 44.4 Å². The molecule has 1 aromatic rings. The molecule has 3 nitrogen and oxygen atoms in total. The first kappa shape index (κ1) is 16.2. The number of hydrogen-bond donors (Lipinski definition) is 0. The van der Waals surface area contributed by atoms with Crippen LogP contribution in [0.4, 0.5) is 0 Å². The van der Waals surface area contributed by atoms with Gasteiger partial charge in [-0.2, -0.15) is 4.31 Å². The molecule has 0 unspecified atom stereocenters. The first-order valence-electron chi connectivity index (χ1n) is 6.99. The topological polar surface area (TPSA) is 37.4 Å². The summed E-state index contributed by atoms with van der Waals surface area (Å²) in [5, 5.41) is -0.340. The molecule has 0 aliphatic carbocycles. The van der Waals surface area contributed by atoms with Crippen molar-refractivity contribution in [3.8, 4) is 0 Å². The summed E-state index contributed by atoms with van der Waals surface area (Å²) in [6, 6.07) is 6.19. The Bertz CT molecular complexity index is 521. The minimum atomic E-state index is -3.13. The second-order valence-corrected chi connectivity index (χ2v) is 7.38. The fourth-order valence-corrected chi connectivity index (χ4v) is 3.49. The highest BCUT2D eigenvalue weighted by Gasteiger charge is 2.29. The molecule has 1 aliphatic heterocycles. The lowest BCUT2D eigenvalue weighted by Gasteiger charge is -2.30. The predicted molar refractivity (Wildman–Crippen MR) is 80.7 cm³/mol. The summed E-state index contributed by atoms with van der Waals surface area (Å²) >= 11 is 0. The maximum Gasteiger partial charge on any atom is 0.216 e. The van der Waals surface area contributed by atoms with Gasteiger partial charge in [0, 0.05) is 13.1 Å². The Morgan fingerprint density at radius 2 is 1.84 bits per heavy atom. The number of aryl methyl sites for hydroxylation is 1. The lowest BCUT2D eigenvalue weighted by atomic mass is 9.97. The van der Waals surface area contributed by atoms with E-state index in [4.69, 9.17) is 0 Å². The standard InChI is InChI=1S/C13H19NO2S.C2H6/c1-10(2)17(15,16)14-8-7-12-6-4-5-11(3)13(12)9-14;1-2/h4-6,10H,7-9H2,1-3H3;1-2H3. The van der Waals surface area contributed by atoms with Crippen LogP contribution in [0.3, 0.4) is 0 Å². The smallest absolute Gasteiger partial charge is 0.212 e. The lowest BCUT2D eigenvalue weighted by molar-refractivity contribution is 0.386. The molecule has 1 aromatic carbocycles. The fourth-order valence-electron chi connectivity index (χ4n) is 2.24. The molecular weight excluding hydrogens is 258 g/mol. The van der Waals surface area contributed by atoms with Crippen LogP contribution in [-0.2, 0) is 23.0 Å². The zero-order valence-electron chi connectivity index (χ0n) is 12.6. The summed E-state index contributed by atoms with van der Waals surface area (Å²) in [5.41, 5.74) is 3.66. The molecule has 19 heavy (non-hydrogen) atoms. The Hall–Kier alpha value is -0.870. The molecule has 108 valence electrons. The van der Waals surface area contributed by atoms with Crippen molar-refractivity contribution in [1.82, 2.24) is 4.31 Å². The van der Waals surface area contributed by atoms with Crippen LogP contribution >= 0.6 is 0 Å². The SMILES string of the molecule is CC.Cc1cccc2c1CN(S(=O)(=O)C(C)C)CC2. The molecular formula is C15H25NO2S. The van der Waals surface area contributed by atoms with Gasteiger partial charge >= 0.3 is 0 Å². The summed E-state index contributed by atoms with van der Waals surface area (Å²) in [5.74, 6) is 0.